The number of hydrogen-bond donors (Lipinski definition) is 0. The van der Waals surface area contributed by atoms with Crippen molar-refractivity contribution in [3.8, 4) is 11.8 Å². The molecule has 0 saturated carbocycles. The molecular formula is C14H17N3O4S2. The summed E-state index contributed by atoms with van der Waals surface area (Å²) in [7, 11) is -1.94. The minimum absolute atomic E-state index is 0.250. The second-order valence-corrected chi connectivity index (χ2v) is 8.19. The Morgan fingerprint density at radius 3 is 2.91 bits per heavy atom. The van der Waals surface area contributed by atoms with Crippen molar-refractivity contribution in [3.05, 3.63) is 29.9 Å². The zero-order valence-electron chi connectivity index (χ0n) is 12.6. The highest BCUT2D eigenvalue weighted by atomic mass is 32.2. The van der Waals surface area contributed by atoms with E-state index >= 15 is 0 Å². The molecule has 1 unspecified atom stereocenters. The van der Waals surface area contributed by atoms with E-state index in [1.165, 1.54) is 35.1 Å². The van der Waals surface area contributed by atoms with Gasteiger partial charge >= 0.3 is 0 Å². The standard InChI is InChI=1S/C14H17N3O4S2/c1-20-12-8-15-9-13(16-12)21-11-4-2-6-17(10-11)23(18,19)14-5-3-7-22-14/h3,5,7-9,11H,2,4,6,10H2,1H3. The zero-order chi connectivity index (χ0) is 16.3. The van der Waals surface area contributed by atoms with Crippen LogP contribution >= 0.6 is 11.3 Å². The summed E-state index contributed by atoms with van der Waals surface area (Å²) in [5, 5.41) is 1.76. The van der Waals surface area contributed by atoms with Crippen LogP contribution in [0.15, 0.2) is 34.1 Å². The van der Waals surface area contributed by atoms with Gasteiger partial charge in [0.1, 0.15) is 10.3 Å². The third kappa shape index (κ3) is 3.62. The maximum absolute atomic E-state index is 12.6. The molecule has 3 rings (SSSR count). The summed E-state index contributed by atoms with van der Waals surface area (Å²) in [5.74, 6) is 0.700. The molecule has 1 aliphatic heterocycles. The van der Waals surface area contributed by atoms with Crippen molar-refractivity contribution < 1.29 is 17.9 Å². The fourth-order valence-electron chi connectivity index (χ4n) is 2.41. The minimum Gasteiger partial charge on any atom is -0.480 e. The molecule has 7 nitrogen and oxygen atoms in total. The predicted molar refractivity (Wildman–Crippen MR) is 85.3 cm³/mol. The molecule has 0 radical (unpaired) electrons. The summed E-state index contributed by atoms with van der Waals surface area (Å²) >= 11 is 1.22. The van der Waals surface area contributed by atoms with Crippen LogP contribution in [0.5, 0.6) is 11.8 Å². The van der Waals surface area contributed by atoms with Gasteiger partial charge in [-0.15, -0.1) is 11.3 Å². The average Bonchev–Trinajstić information content (AvgIpc) is 3.10. The molecule has 124 valence electrons. The van der Waals surface area contributed by atoms with Crippen molar-refractivity contribution >= 4 is 21.4 Å². The highest BCUT2D eigenvalue weighted by Crippen LogP contribution is 2.25. The lowest BCUT2D eigenvalue weighted by atomic mass is 10.1. The molecule has 0 spiro atoms. The van der Waals surface area contributed by atoms with Gasteiger partial charge in [0.2, 0.25) is 11.8 Å². The van der Waals surface area contributed by atoms with E-state index in [0.29, 0.717) is 29.1 Å². The molecule has 1 atom stereocenters. The van der Waals surface area contributed by atoms with Gasteiger partial charge in [0.15, 0.2) is 0 Å². The molecule has 0 N–H and O–H groups in total. The van der Waals surface area contributed by atoms with Crippen LogP contribution in [0.25, 0.3) is 0 Å². The van der Waals surface area contributed by atoms with Gasteiger partial charge in [-0.05, 0) is 24.3 Å². The largest absolute Gasteiger partial charge is 0.480 e. The van der Waals surface area contributed by atoms with Crippen LogP contribution < -0.4 is 9.47 Å². The van der Waals surface area contributed by atoms with Crippen molar-refractivity contribution in [2.45, 2.75) is 23.2 Å². The molecule has 0 bridgehead atoms. The van der Waals surface area contributed by atoms with Gasteiger partial charge in [-0.1, -0.05) is 6.07 Å². The summed E-state index contributed by atoms with van der Waals surface area (Å²) in [4.78, 5) is 8.14. The second kappa shape index (κ2) is 6.81. The molecule has 3 heterocycles. The first-order valence-electron chi connectivity index (χ1n) is 7.16. The summed E-state index contributed by atoms with van der Waals surface area (Å²) in [6, 6.07) is 3.36. The Balaban J connectivity index is 1.71. The van der Waals surface area contributed by atoms with Crippen molar-refractivity contribution in [1.29, 1.82) is 0 Å². The topological polar surface area (TPSA) is 81.6 Å². The van der Waals surface area contributed by atoms with Crippen LogP contribution in [0, 0.1) is 0 Å². The van der Waals surface area contributed by atoms with E-state index in [2.05, 4.69) is 9.97 Å². The Labute approximate surface area is 138 Å². The lowest BCUT2D eigenvalue weighted by Crippen LogP contribution is -2.44. The number of thiophene rings is 1. The maximum atomic E-state index is 12.6. The highest BCUT2D eigenvalue weighted by molar-refractivity contribution is 7.91. The Morgan fingerprint density at radius 2 is 2.17 bits per heavy atom. The summed E-state index contributed by atoms with van der Waals surface area (Å²) in [5.41, 5.74) is 0. The van der Waals surface area contributed by atoms with Gasteiger partial charge < -0.3 is 9.47 Å². The molecule has 2 aromatic rings. The molecule has 9 heteroatoms. The fourth-order valence-corrected chi connectivity index (χ4v) is 5.07. The lowest BCUT2D eigenvalue weighted by molar-refractivity contribution is 0.123. The average molecular weight is 355 g/mol. The number of nitrogens with zero attached hydrogens (tertiary/aromatic N) is 3. The number of sulfonamides is 1. The Bertz CT molecular complexity index is 749. The van der Waals surface area contributed by atoms with E-state index in [1.54, 1.807) is 17.5 Å². The normalized spacial score (nSPS) is 19.4. The highest BCUT2D eigenvalue weighted by Gasteiger charge is 2.32. The zero-order valence-corrected chi connectivity index (χ0v) is 14.2. The van der Waals surface area contributed by atoms with Crippen molar-refractivity contribution in [2.75, 3.05) is 20.2 Å². The Hall–Kier alpha value is -1.71. The van der Waals surface area contributed by atoms with Crippen LogP contribution in [0.2, 0.25) is 0 Å². The van der Waals surface area contributed by atoms with Gasteiger partial charge in [-0.25, -0.2) is 8.42 Å². The van der Waals surface area contributed by atoms with Crippen molar-refractivity contribution in [1.82, 2.24) is 14.3 Å². The van der Waals surface area contributed by atoms with E-state index < -0.39 is 10.0 Å². The van der Waals surface area contributed by atoms with Crippen LogP contribution in [-0.4, -0.2) is 49.0 Å². The number of piperidine rings is 1. The first kappa shape index (κ1) is 16.2. The van der Waals surface area contributed by atoms with E-state index in [1.807, 2.05) is 0 Å². The number of hydrogen-bond acceptors (Lipinski definition) is 7. The first-order valence-corrected chi connectivity index (χ1v) is 9.48. The predicted octanol–water partition coefficient (Wildman–Crippen LogP) is 1.78. The van der Waals surface area contributed by atoms with Crippen molar-refractivity contribution in [2.24, 2.45) is 0 Å². The van der Waals surface area contributed by atoms with E-state index in [4.69, 9.17) is 9.47 Å². The van der Waals surface area contributed by atoms with Crippen LogP contribution in [0.4, 0.5) is 0 Å². The van der Waals surface area contributed by atoms with Crippen LogP contribution in [0.3, 0.4) is 0 Å². The van der Waals surface area contributed by atoms with Gasteiger partial charge in [0.25, 0.3) is 10.0 Å². The van der Waals surface area contributed by atoms with E-state index in [9.17, 15) is 8.42 Å². The van der Waals surface area contributed by atoms with Crippen molar-refractivity contribution in [3.63, 3.8) is 0 Å². The lowest BCUT2D eigenvalue weighted by Gasteiger charge is -2.31. The van der Waals surface area contributed by atoms with Gasteiger partial charge in [-0.3, -0.25) is 4.98 Å². The number of aromatic nitrogens is 2. The molecule has 0 aliphatic carbocycles. The molecule has 2 aromatic heterocycles. The molecule has 0 amide bonds. The second-order valence-electron chi connectivity index (χ2n) is 5.08. The Morgan fingerprint density at radius 1 is 1.35 bits per heavy atom. The molecule has 1 saturated heterocycles. The van der Waals surface area contributed by atoms with Gasteiger partial charge in [0.05, 0.1) is 26.0 Å². The number of ether oxygens (including phenoxy) is 2. The summed E-state index contributed by atoms with van der Waals surface area (Å²) in [6.45, 7) is 0.809. The molecule has 1 aliphatic rings. The Kier molecular flexibility index (Phi) is 4.79. The van der Waals surface area contributed by atoms with Gasteiger partial charge in [-0.2, -0.15) is 9.29 Å². The molecule has 0 aromatic carbocycles. The molecule has 23 heavy (non-hydrogen) atoms. The van der Waals surface area contributed by atoms with E-state index in [-0.39, 0.29) is 6.10 Å². The maximum Gasteiger partial charge on any atom is 0.252 e. The number of rotatable bonds is 5. The number of methoxy groups -OCH3 is 1. The van der Waals surface area contributed by atoms with E-state index in [0.717, 1.165) is 12.8 Å². The third-order valence-electron chi connectivity index (χ3n) is 3.52. The molecule has 1 fully saturated rings. The minimum atomic E-state index is -3.45. The molecular weight excluding hydrogens is 338 g/mol. The van der Waals surface area contributed by atoms with Crippen LogP contribution in [0.1, 0.15) is 12.8 Å². The first-order chi connectivity index (χ1) is 11.1. The van der Waals surface area contributed by atoms with Crippen LogP contribution in [-0.2, 0) is 10.0 Å². The smallest absolute Gasteiger partial charge is 0.252 e. The monoisotopic (exact) mass is 355 g/mol. The SMILES string of the molecule is COc1cncc(OC2CCCN(S(=O)(=O)c3cccs3)C2)n1. The fraction of sp³-hybridized carbons (Fsp3) is 0.429. The summed E-state index contributed by atoms with van der Waals surface area (Å²) < 4.78 is 37.8. The van der Waals surface area contributed by atoms with Gasteiger partial charge in [0, 0.05) is 6.54 Å². The quantitative estimate of drug-likeness (QED) is 0.813. The third-order valence-corrected chi connectivity index (χ3v) is 6.76. The summed E-state index contributed by atoms with van der Waals surface area (Å²) in [6.07, 6.45) is 4.25.